The Labute approximate surface area is 438 Å². The first kappa shape index (κ1) is 64.4. The van der Waals surface area contributed by atoms with Crippen molar-refractivity contribution in [1.29, 1.82) is 0 Å². The molecule has 0 spiro atoms. The number of aliphatic hydroxyl groups excluding tert-OH is 6. The topological polar surface area (TPSA) is 370 Å². The zero-order chi connectivity index (χ0) is 56.0. The van der Waals surface area contributed by atoms with E-state index < -0.39 is 0 Å². The van der Waals surface area contributed by atoms with Crippen molar-refractivity contribution in [3.63, 3.8) is 0 Å². The van der Waals surface area contributed by atoms with Gasteiger partial charge in [0.15, 0.2) is 0 Å². The predicted molar refractivity (Wildman–Crippen MR) is 289 cm³/mol. The van der Waals surface area contributed by atoms with Crippen molar-refractivity contribution in [2.75, 3.05) is 39.6 Å². The molecule has 0 aliphatic carbocycles. The van der Waals surface area contributed by atoms with Crippen LogP contribution in [0, 0.1) is 0 Å². The monoisotopic (exact) mass is 1040 g/mol. The first-order valence-corrected chi connectivity index (χ1v) is 22.3. The minimum absolute atomic E-state index is 0.111. The number of para-hydroxylation sites is 1. The van der Waals surface area contributed by atoms with Gasteiger partial charge in [-0.3, -0.25) is 0 Å². The number of nitrogens with zero attached hydrogens (tertiary/aromatic N) is 7. The smallest absolute Gasteiger partial charge is 0.124 e. The molecule has 0 aromatic heterocycles. The molecule has 0 fully saturated rings. The molecule has 0 radical (unpaired) electrons. The molecule has 0 aliphatic heterocycles. The van der Waals surface area contributed by atoms with Crippen molar-refractivity contribution >= 4 is 40.5 Å². The molecule has 21 heteroatoms. The van der Waals surface area contributed by atoms with Crippen LogP contribution in [-0.2, 0) is 0 Å². The third-order valence-corrected chi connectivity index (χ3v) is 9.40. The average Bonchev–Trinajstić information content (AvgIpc) is 3.48. The molecular weight excluding hydrogens is 983 g/mol. The highest BCUT2D eigenvalue weighted by atomic mass is 16.5. The summed E-state index contributed by atoms with van der Waals surface area (Å²) in [4.78, 5) is 0. The second-order valence-corrected chi connectivity index (χ2v) is 14.2. The first-order valence-electron chi connectivity index (χ1n) is 22.3. The Morgan fingerprint density at radius 3 is 0.579 bits per heavy atom. The predicted octanol–water partition coefficient (Wildman–Crippen LogP) is 6.34. The highest BCUT2D eigenvalue weighted by molar-refractivity contribution is 6.03. The van der Waals surface area contributed by atoms with E-state index in [0.717, 1.165) is 33.4 Å². The summed E-state index contributed by atoms with van der Waals surface area (Å²) >= 11 is 0. The van der Waals surface area contributed by atoms with E-state index in [9.17, 15) is 0 Å². The van der Waals surface area contributed by atoms with Crippen LogP contribution in [0.15, 0.2) is 242 Å². The Morgan fingerprint density at radius 1 is 0.263 bits per heavy atom. The van der Waals surface area contributed by atoms with Crippen molar-refractivity contribution in [3.8, 4) is 5.75 Å². The van der Waals surface area contributed by atoms with Crippen LogP contribution in [-0.4, -0.2) is 152 Å². The maximum absolute atomic E-state index is 9.04. The highest BCUT2D eigenvalue weighted by Gasteiger charge is 2.03. The molecule has 76 heavy (non-hydrogen) atoms. The molecule has 0 heterocycles. The summed E-state index contributed by atoms with van der Waals surface area (Å²) in [5.74, 6) is 0.111. The summed E-state index contributed by atoms with van der Waals surface area (Å²) in [5, 5.41) is 140. The number of hydrogen-bond acceptors (Lipinski definition) is 21. The summed E-state index contributed by atoms with van der Waals surface area (Å²) in [6.45, 7) is -1.50. The molecule has 0 bridgehead atoms. The lowest BCUT2D eigenvalue weighted by Gasteiger charge is -1.98. The second kappa shape index (κ2) is 42.0. The molecule has 0 amide bonds. The van der Waals surface area contributed by atoms with Crippen molar-refractivity contribution in [2.45, 2.75) is 0 Å². The Kier molecular flexibility index (Phi) is 35.6. The number of benzene rings is 7. The van der Waals surface area contributed by atoms with Crippen LogP contribution in [0.25, 0.3) is 0 Å². The molecule has 7 aromatic rings. The van der Waals surface area contributed by atoms with Gasteiger partial charge in [-0.2, -0.15) is 0 Å². The normalized spacial score (nSPS) is 11.4. The Hall–Kier alpha value is -9.61. The van der Waals surface area contributed by atoms with Crippen LogP contribution in [0.2, 0.25) is 0 Å². The van der Waals surface area contributed by atoms with Crippen molar-refractivity contribution in [3.05, 3.63) is 245 Å². The fourth-order valence-electron chi connectivity index (χ4n) is 5.53. The number of rotatable bonds is 13. The maximum atomic E-state index is 9.04. The largest absolute Gasteiger partial charge is 0.507 e. The molecule has 0 saturated carbocycles. The van der Waals surface area contributed by atoms with E-state index in [1.165, 1.54) is 12.3 Å². The van der Waals surface area contributed by atoms with E-state index in [2.05, 4.69) is 36.1 Å². The summed E-state index contributed by atoms with van der Waals surface area (Å²) in [6.07, 6.45) is 1.18. The minimum atomic E-state index is -0.249. The maximum Gasteiger partial charge on any atom is 0.124 e. The minimum Gasteiger partial charge on any atom is -0.507 e. The summed E-state index contributed by atoms with van der Waals surface area (Å²) < 4.78 is 0. The summed E-state index contributed by atoms with van der Waals surface area (Å²) in [5.41, 5.74) is 6.61. The van der Waals surface area contributed by atoms with Gasteiger partial charge in [-0.15, -0.1) is 0 Å². The van der Waals surface area contributed by atoms with Gasteiger partial charge >= 0.3 is 0 Å². The number of hydrogen-bond donors (Lipinski definition) is 14. The highest BCUT2D eigenvalue weighted by Crippen LogP contribution is 2.12. The van der Waals surface area contributed by atoms with Crippen LogP contribution in [0.3, 0.4) is 0 Å². The molecule has 21 nitrogen and oxygen atoms in total. The average molecular weight is 1040 g/mol. The van der Waals surface area contributed by atoms with Crippen molar-refractivity contribution < 1.29 is 72.2 Å². The summed E-state index contributed by atoms with van der Waals surface area (Å²) in [6, 6.07) is 60.8. The van der Waals surface area contributed by atoms with Crippen LogP contribution in [0.1, 0.15) is 38.9 Å². The number of aromatic hydroxyl groups is 1. The molecule has 0 atom stereocenters. The number of oxime groups is 7. The molecular formula is C55H61N7O14. The lowest BCUT2D eigenvalue weighted by Crippen LogP contribution is -2.05. The van der Waals surface area contributed by atoms with E-state index in [4.69, 9.17) is 72.2 Å². The van der Waals surface area contributed by atoms with Gasteiger partial charge in [0.1, 0.15) is 40.0 Å². The molecule has 0 saturated heterocycles. The van der Waals surface area contributed by atoms with E-state index in [0.29, 0.717) is 5.56 Å². The Balaban J connectivity index is 0.000000443. The lowest BCUT2D eigenvalue weighted by atomic mass is 10.1. The standard InChI is InChI=1S/6C8H9NO2.C7H7NO2/c6*10-6-8(9-11)7-4-2-1-3-5-7;9-7-4-2-1-3-6(7)5-8-10/h6*1-5,10-11H,6H2;1-5,9-10H/i;;;;;;9+0. The third kappa shape index (κ3) is 25.7. The van der Waals surface area contributed by atoms with Gasteiger partial charge in [-0.05, 0) is 12.1 Å². The number of aliphatic hydroxyl groups is 6. The van der Waals surface area contributed by atoms with Gasteiger partial charge in [0.25, 0.3) is 0 Å². The van der Waals surface area contributed by atoms with Gasteiger partial charge < -0.3 is 72.2 Å². The van der Waals surface area contributed by atoms with Crippen LogP contribution in [0.4, 0.5) is 0 Å². The third-order valence-electron chi connectivity index (χ3n) is 9.40. The summed E-state index contributed by atoms with van der Waals surface area (Å²) in [7, 11) is 0. The van der Waals surface area contributed by atoms with Gasteiger partial charge in [-0.25, -0.2) is 0 Å². The number of phenolic OH excluding ortho intramolecular Hbond substituents is 1. The zero-order valence-electron chi connectivity index (χ0n) is 40.8. The van der Waals surface area contributed by atoms with Gasteiger partial charge in [0.2, 0.25) is 0 Å². The fourth-order valence-corrected chi connectivity index (χ4v) is 5.53. The molecule has 0 aliphatic rings. The van der Waals surface area contributed by atoms with Crippen molar-refractivity contribution in [2.24, 2.45) is 36.1 Å². The lowest BCUT2D eigenvalue weighted by molar-refractivity contribution is 0.303. The quantitative estimate of drug-likeness (QED) is 0.0340. The van der Waals surface area contributed by atoms with Gasteiger partial charge in [-0.1, -0.05) is 230 Å². The molecule has 7 rings (SSSR count). The van der Waals surface area contributed by atoms with Gasteiger partial charge in [0.05, 0.1) is 45.9 Å². The zero-order valence-corrected chi connectivity index (χ0v) is 40.8. The first-order chi connectivity index (χ1) is 37.1. The number of phenols is 1. The second-order valence-electron chi connectivity index (χ2n) is 14.2. The molecule has 400 valence electrons. The molecule has 0 unspecified atom stereocenters. The van der Waals surface area contributed by atoms with E-state index in [1.54, 1.807) is 91.0 Å². The Bertz CT molecular complexity index is 2360. The Morgan fingerprint density at radius 2 is 0.434 bits per heavy atom. The molecule has 14 N–H and O–H groups in total. The van der Waals surface area contributed by atoms with E-state index in [1.807, 2.05) is 109 Å². The SMILES string of the molecule is OCC(=NO)c1ccccc1.OCC(=NO)c1ccccc1.OCC(=NO)c1ccccc1.OCC(=NO)c1ccccc1.OCC(=NO)c1ccccc1.OCC(=NO)c1ccccc1.ON=Cc1ccccc1[16OH]. The van der Waals surface area contributed by atoms with Crippen LogP contribution in [0.5, 0.6) is 5.75 Å². The van der Waals surface area contributed by atoms with Gasteiger partial charge in [0, 0.05) is 38.9 Å². The molecule has 7 aromatic carbocycles. The van der Waals surface area contributed by atoms with Crippen molar-refractivity contribution in [1.82, 2.24) is 0 Å². The van der Waals surface area contributed by atoms with Crippen LogP contribution >= 0.6 is 0 Å². The van der Waals surface area contributed by atoms with E-state index >= 15 is 0 Å². The van der Waals surface area contributed by atoms with Crippen LogP contribution < -0.4 is 0 Å². The fraction of sp³-hybridized carbons (Fsp3) is 0.109. The van der Waals surface area contributed by atoms with E-state index in [-0.39, 0.29) is 79.7 Å².